The lowest BCUT2D eigenvalue weighted by molar-refractivity contribution is -0.135. The van der Waals surface area contributed by atoms with Gasteiger partial charge < -0.3 is 20.1 Å². The molecule has 0 aromatic carbocycles. The van der Waals surface area contributed by atoms with E-state index in [-0.39, 0.29) is 11.8 Å². The van der Waals surface area contributed by atoms with Crippen LogP contribution in [0.5, 0.6) is 0 Å². The molecule has 3 fully saturated rings. The molecular formula is C15H28N4O5S. The summed E-state index contributed by atoms with van der Waals surface area (Å²) in [5.41, 5.74) is 6.16. The van der Waals surface area contributed by atoms with E-state index in [1.54, 1.807) is 4.90 Å². The Labute approximate surface area is 149 Å². The summed E-state index contributed by atoms with van der Waals surface area (Å²) in [4.78, 5) is 14.3. The topological polar surface area (TPSA) is 105 Å². The standard InChI is InChI=1S/C15H28N4O5S/c16-14(13-1-9-23-10-2-13)15(20)17-3-5-18(6-4-17)25(21,22)19-7-11-24-12-8-19/h13-14H,1-12,16H2. The number of nitrogens with zero attached hydrogens (tertiary/aromatic N) is 3. The number of morpholine rings is 1. The first-order valence-electron chi connectivity index (χ1n) is 8.95. The highest BCUT2D eigenvalue weighted by Crippen LogP contribution is 2.20. The van der Waals surface area contributed by atoms with Crippen molar-refractivity contribution in [3.63, 3.8) is 0 Å². The molecule has 3 saturated heterocycles. The Morgan fingerprint density at radius 3 is 2.00 bits per heavy atom. The fourth-order valence-electron chi connectivity index (χ4n) is 3.57. The summed E-state index contributed by atoms with van der Waals surface area (Å²) in [5, 5.41) is 0. The molecular weight excluding hydrogens is 348 g/mol. The van der Waals surface area contributed by atoms with Crippen molar-refractivity contribution in [1.82, 2.24) is 13.5 Å². The zero-order valence-electron chi connectivity index (χ0n) is 14.5. The second-order valence-corrected chi connectivity index (χ2v) is 8.65. The summed E-state index contributed by atoms with van der Waals surface area (Å²) in [5.74, 6) is 0.0756. The van der Waals surface area contributed by atoms with Crippen molar-refractivity contribution >= 4 is 16.1 Å². The van der Waals surface area contributed by atoms with Gasteiger partial charge in [0, 0.05) is 52.5 Å². The van der Waals surface area contributed by atoms with Crippen LogP contribution in [0.1, 0.15) is 12.8 Å². The monoisotopic (exact) mass is 376 g/mol. The van der Waals surface area contributed by atoms with Gasteiger partial charge in [0.1, 0.15) is 0 Å². The molecule has 25 heavy (non-hydrogen) atoms. The van der Waals surface area contributed by atoms with Crippen LogP contribution in [0, 0.1) is 5.92 Å². The summed E-state index contributed by atoms with van der Waals surface area (Å²) in [6, 6.07) is -0.522. The first-order valence-corrected chi connectivity index (χ1v) is 10.3. The number of rotatable bonds is 4. The van der Waals surface area contributed by atoms with E-state index in [9.17, 15) is 13.2 Å². The molecule has 3 aliphatic rings. The lowest BCUT2D eigenvalue weighted by Crippen LogP contribution is -2.58. The van der Waals surface area contributed by atoms with Crippen LogP contribution in [0.4, 0.5) is 0 Å². The molecule has 3 aliphatic heterocycles. The van der Waals surface area contributed by atoms with Gasteiger partial charge in [0.25, 0.3) is 10.2 Å². The van der Waals surface area contributed by atoms with E-state index in [0.717, 1.165) is 12.8 Å². The smallest absolute Gasteiger partial charge is 0.282 e. The molecule has 0 spiro atoms. The Bertz CT molecular complexity index is 552. The van der Waals surface area contributed by atoms with E-state index in [0.29, 0.717) is 65.7 Å². The zero-order chi connectivity index (χ0) is 17.9. The molecule has 144 valence electrons. The van der Waals surface area contributed by atoms with Gasteiger partial charge in [-0.3, -0.25) is 4.79 Å². The number of hydrogen-bond acceptors (Lipinski definition) is 6. The molecule has 0 aromatic rings. The third-order valence-corrected chi connectivity index (χ3v) is 7.27. The largest absolute Gasteiger partial charge is 0.381 e. The lowest BCUT2D eigenvalue weighted by Gasteiger charge is -2.39. The van der Waals surface area contributed by atoms with Gasteiger partial charge in [-0.05, 0) is 18.8 Å². The molecule has 10 heteroatoms. The van der Waals surface area contributed by atoms with Gasteiger partial charge in [-0.15, -0.1) is 0 Å². The molecule has 1 unspecified atom stereocenters. The molecule has 0 aliphatic carbocycles. The zero-order valence-corrected chi connectivity index (χ0v) is 15.3. The molecule has 1 atom stereocenters. The van der Waals surface area contributed by atoms with Gasteiger partial charge in [0.05, 0.1) is 19.3 Å². The minimum atomic E-state index is -3.47. The van der Waals surface area contributed by atoms with Gasteiger partial charge in [-0.25, -0.2) is 0 Å². The first-order chi connectivity index (χ1) is 12.0. The summed E-state index contributed by atoms with van der Waals surface area (Å²) >= 11 is 0. The molecule has 3 rings (SSSR count). The summed E-state index contributed by atoms with van der Waals surface area (Å²) in [6.45, 7) is 4.33. The first kappa shape index (κ1) is 19.0. The summed E-state index contributed by atoms with van der Waals surface area (Å²) < 4.78 is 38.8. The number of piperazine rings is 1. The lowest BCUT2D eigenvalue weighted by atomic mass is 9.91. The number of nitrogens with two attached hydrogens (primary N) is 1. The van der Waals surface area contributed by atoms with Crippen LogP contribution in [0.2, 0.25) is 0 Å². The Morgan fingerprint density at radius 2 is 1.40 bits per heavy atom. The quantitative estimate of drug-likeness (QED) is 0.638. The van der Waals surface area contributed by atoms with Gasteiger partial charge in [-0.2, -0.15) is 17.0 Å². The van der Waals surface area contributed by atoms with E-state index in [4.69, 9.17) is 15.2 Å². The molecule has 3 heterocycles. The van der Waals surface area contributed by atoms with Crippen LogP contribution >= 0.6 is 0 Å². The van der Waals surface area contributed by atoms with E-state index >= 15 is 0 Å². The molecule has 2 N–H and O–H groups in total. The molecule has 9 nitrogen and oxygen atoms in total. The van der Waals surface area contributed by atoms with E-state index < -0.39 is 16.3 Å². The minimum absolute atomic E-state index is 0.0738. The summed E-state index contributed by atoms with van der Waals surface area (Å²) in [6.07, 6.45) is 1.61. The maximum atomic E-state index is 12.7. The Morgan fingerprint density at radius 1 is 0.880 bits per heavy atom. The average Bonchev–Trinajstić information content (AvgIpc) is 2.68. The van der Waals surface area contributed by atoms with Crippen LogP contribution in [-0.4, -0.2) is 99.6 Å². The number of amides is 1. The van der Waals surface area contributed by atoms with Gasteiger partial charge in [-0.1, -0.05) is 0 Å². The maximum absolute atomic E-state index is 12.7. The van der Waals surface area contributed by atoms with E-state index in [1.165, 1.54) is 8.61 Å². The van der Waals surface area contributed by atoms with Crippen molar-refractivity contribution in [2.24, 2.45) is 11.7 Å². The molecule has 0 radical (unpaired) electrons. The van der Waals surface area contributed by atoms with Crippen molar-refractivity contribution < 1.29 is 22.7 Å². The van der Waals surface area contributed by atoms with E-state index in [2.05, 4.69) is 0 Å². The second-order valence-electron chi connectivity index (χ2n) is 6.72. The SMILES string of the molecule is NC(C(=O)N1CCN(S(=O)(=O)N2CCOCC2)CC1)C1CCOCC1. The number of carbonyl (C=O) groups is 1. The maximum Gasteiger partial charge on any atom is 0.282 e. The average molecular weight is 376 g/mol. The number of carbonyl (C=O) groups excluding carboxylic acids is 1. The number of hydrogen-bond donors (Lipinski definition) is 1. The number of ether oxygens (including phenoxy) is 2. The molecule has 0 aromatic heterocycles. The van der Waals surface area contributed by atoms with Gasteiger partial charge in [0.15, 0.2) is 0 Å². The van der Waals surface area contributed by atoms with Crippen LogP contribution < -0.4 is 5.73 Å². The van der Waals surface area contributed by atoms with Crippen LogP contribution in [0.3, 0.4) is 0 Å². The summed E-state index contributed by atoms with van der Waals surface area (Å²) in [7, 11) is -3.47. The van der Waals surface area contributed by atoms with Crippen LogP contribution in [0.15, 0.2) is 0 Å². The highest BCUT2D eigenvalue weighted by atomic mass is 32.2. The third kappa shape index (κ3) is 4.32. The van der Waals surface area contributed by atoms with Gasteiger partial charge in [0.2, 0.25) is 5.91 Å². The Hall–Kier alpha value is -0.780. The fourth-order valence-corrected chi connectivity index (χ4v) is 5.13. The minimum Gasteiger partial charge on any atom is -0.381 e. The highest BCUT2D eigenvalue weighted by molar-refractivity contribution is 7.86. The van der Waals surface area contributed by atoms with Crippen molar-refractivity contribution in [2.45, 2.75) is 18.9 Å². The molecule has 0 bridgehead atoms. The second kappa shape index (κ2) is 8.28. The fraction of sp³-hybridized carbons (Fsp3) is 0.933. The highest BCUT2D eigenvalue weighted by Gasteiger charge is 2.36. The van der Waals surface area contributed by atoms with Crippen LogP contribution in [-0.2, 0) is 24.5 Å². The third-order valence-electron chi connectivity index (χ3n) is 5.23. The van der Waals surface area contributed by atoms with Crippen molar-refractivity contribution in [3.05, 3.63) is 0 Å². The molecule has 1 amide bonds. The molecule has 0 saturated carbocycles. The Balaban J connectivity index is 1.53. The van der Waals surface area contributed by atoms with E-state index in [1.807, 2.05) is 0 Å². The van der Waals surface area contributed by atoms with Crippen molar-refractivity contribution in [1.29, 1.82) is 0 Å². The predicted molar refractivity (Wildman–Crippen MR) is 91.0 cm³/mol. The van der Waals surface area contributed by atoms with Gasteiger partial charge >= 0.3 is 0 Å². The predicted octanol–water partition coefficient (Wildman–Crippen LogP) is -1.54. The Kier molecular flexibility index (Phi) is 6.29. The van der Waals surface area contributed by atoms with Crippen molar-refractivity contribution in [2.75, 3.05) is 65.7 Å². The van der Waals surface area contributed by atoms with Crippen LogP contribution in [0.25, 0.3) is 0 Å². The normalized spacial score (nSPS) is 26.5. The van der Waals surface area contributed by atoms with Crippen molar-refractivity contribution in [3.8, 4) is 0 Å².